The molecule has 4 nitrogen and oxygen atoms in total. The van der Waals surface area contributed by atoms with Crippen molar-refractivity contribution in [2.45, 2.75) is 51.6 Å². The fourth-order valence-corrected chi connectivity index (χ4v) is 4.72. The van der Waals surface area contributed by atoms with Gasteiger partial charge in [-0.1, -0.05) is 67.8 Å². The van der Waals surface area contributed by atoms with Crippen LogP contribution in [-0.2, 0) is 6.54 Å². The highest BCUT2D eigenvalue weighted by atomic mass is 35.5. The van der Waals surface area contributed by atoms with Crippen LogP contribution in [0.1, 0.15) is 44.6 Å². The molecule has 30 heavy (non-hydrogen) atoms. The summed E-state index contributed by atoms with van der Waals surface area (Å²) in [5.74, 6) is 0.741. The zero-order valence-electron chi connectivity index (χ0n) is 17.4. The molecule has 1 atom stereocenters. The van der Waals surface area contributed by atoms with Crippen LogP contribution >= 0.6 is 12.4 Å². The van der Waals surface area contributed by atoms with Gasteiger partial charge in [0.1, 0.15) is 0 Å². The molecule has 156 valence electrons. The number of fused-ring (bicyclic) bond motifs is 2. The van der Waals surface area contributed by atoms with Crippen LogP contribution in [0.5, 0.6) is 0 Å². The number of hydrogen-bond acceptors (Lipinski definition) is 3. The van der Waals surface area contributed by atoms with E-state index in [2.05, 4.69) is 60.8 Å². The second-order valence-electron chi connectivity index (χ2n) is 8.36. The van der Waals surface area contributed by atoms with Crippen molar-refractivity contribution in [3.05, 3.63) is 66.4 Å². The third-order valence-corrected chi connectivity index (χ3v) is 6.38. The molecule has 1 N–H and O–H groups in total. The molecule has 1 saturated carbocycles. The van der Waals surface area contributed by atoms with Gasteiger partial charge in [0.2, 0.25) is 0 Å². The first-order chi connectivity index (χ1) is 14.3. The predicted molar refractivity (Wildman–Crippen MR) is 127 cm³/mol. The molecular weight excluding hydrogens is 392 g/mol. The van der Waals surface area contributed by atoms with Gasteiger partial charge in [0, 0.05) is 11.4 Å². The number of rotatable bonds is 5. The van der Waals surface area contributed by atoms with Crippen LogP contribution in [0.25, 0.3) is 21.9 Å². The normalized spacial score (nSPS) is 15.8. The maximum Gasteiger partial charge on any atom is 0.160 e. The Morgan fingerprint density at radius 3 is 2.50 bits per heavy atom. The predicted octanol–water partition coefficient (Wildman–Crippen LogP) is 6.44. The van der Waals surface area contributed by atoms with E-state index >= 15 is 0 Å². The Labute approximate surface area is 184 Å². The van der Waals surface area contributed by atoms with Crippen LogP contribution in [0, 0.1) is 5.92 Å². The van der Waals surface area contributed by atoms with Crippen molar-refractivity contribution in [3.8, 4) is 0 Å². The minimum absolute atomic E-state index is 0. The number of nitrogens with one attached hydrogen (secondary N) is 1. The fourth-order valence-electron chi connectivity index (χ4n) is 4.72. The molecule has 0 saturated heterocycles. The zero-order chi connectivity index (χ0) is 19.6. The van der Waals surface area contributed by atoms with Crippen molar-refractivity contribution < 1.29 is 0 Å². The minimum atomic E-state index is 0. The SMILES string of the molecule is C[C@H](Nc1c2ccccc2nc2c1cnn2Cc1ccccc1)C1CCCCC1.Cl. The van der Waals surface area contributed by atoms with Crippen LogP contribution in [0.4, 0.5) is 5.69 Å². The zero-order valence-corrected chi connectivity index (χ0v) is 18.2. The quantitative estimate of drug-likeness (QED) is 0.404. The summed E-state index contributed by atoms with van der Waals surface area (Å²) in [6.07, 6.45) is 8.74. The lowest BCUT2D eigenvalue weighted by molar-refractivity contribution is 0.328. The summed E-state index contributed by atoms with van der Waals surface area (Å²) >= 11 is 0. The van der Waals surface area contributed by atoms with Gasteiger partial charge in [0.15, 0.2) is 5.65 Å². The van der Waals surface area contributed by atoms with E-state index in [1.165, 1.54) is 48.7 Å². The second kappa shape index (κ2) is 9.05. The molecule has 5 heteroatoms. The number of aromatic nitrogens is 3. The molecule has 4 aromatic rings. The maximum atomic E-state index is 4.97. The Hall–Kier alpha value is -2.59. The van der Waals surface area contributed by atoms with E-state index < -0.39 is 0 Å². The van der Waals surface area contributed by atoms with Crippen molar-refractivity contribution >= 4 is 40.0 Å². The number of hydrogen-bond donors (Lipinski definition) is 1. The molecule has 0 radical (unpaired) electrons. The third-order valence-electron chi connectivity index (χ3n) is 6.38. The van der Waals surface area contributed by atoms with Gasteiger partial charge in [-0.15, -0.1) is 12.4 Å². The van der Waals surface area contributed by atoms with Gasteiger partial charge in [-0.05, 0) is 37.3 Å². The highest BCUT2D eigenvalue weighted by Gasteiger charge is 2.22. The summed E-state index contributed by atoms with van der Waals surface area (Å²) < 4.78 is 2.02. The Kier molecular flexibility index (Phi) is 6.24. The maximum absolute atomic E-state index is 4.97. The summed E-state index contributed by atoms with van der Waals surface area (Å²) in [7, 11) is 0. The Bertz CT molecular complexity index is 1120. The van der Waals surface area contributed by atoms with Gasteiger partial charge in [-0.3, -0.25) is 0 Å². The molecule has 2 aromatic carbocycles. The summed E-state index contributed by atoms with van der Waals surface area (Å²) in [4.78, 5) is 4.97. The van der Waals surface area contributed by atoms with Crippen molar-refractivity contribution in [2.75, 3.05) is 5.32 Å². The second-order valence-corrected chi connectivity index (χ2v) is 8.36. The first kappa shape index (κ1) is 20.7. The Balaban J connectivity index is 0.00000218. The lowest BCUT2D eigenvalue weighted by Gasteiger charge is -2.29. The van der Waals surface area contributed by atoms with Crippen molar-refractivity contribution in [2.24, 2.45) is 5.92 Å². The topological polar surface area (TPSA) is 42.7 Å². The van der Waals surface area contributed by atoms with Crippen molar-refractivity contribution in [3.63, 3.8) is 0 Å². The Morgan fingerprint density at radius 2 is 1.70 bits per heavy atom. The highest BCUT2D eigenvalue weighted by Crippen LogP contribution is 2.34. The van der Waals surface area contributed by atoms with Crippen molar-refractivity contribution in [1.29, 1.82) is 0 Å². The summed E-state index contributed by atoms with van der Waals surface area (Å²) in [5, 5.41) is 10.9. The number of para-hydroxylation sites is 1. The smallest absolute Gasteiger partial charge is 0.160 e. The molecule has 0 aliphatic heterocycles. The molecule has 2 heterocycles. The minimum Gasteiger partial charge on any atom is -0.381 e. The molecule has 1 fully saturated rings. The molecule has 2 aromatic heterocycles. The van der Waals surface area contributed by atoms with E-state index in [-0.39, 0.29) is 12.4 Å². The average Bonchev–Trinajstić information content (AvgIpc) is 3.17. The van der Waals surface area contributed by atoms with Gasteiger partial charge in [0.25, 0.3) is 0 Å². The molecule has 0 unspecified atom stereocenters. The summed E-state index contributed by atoms with van der Waals surface area (Å²) in [6.45, 7) is 3.07. The standard InChI is InChI=1S/C25H28N4.ClH/c1-18(20-12-6-3-7-13-20)27-24-21-14-8-9-15-23(21)28-25-22(24)16-26-29(25)17-19-10-4-2-5-11-19;/h2,4-5,8-11,14-16,18,20H,3,6-7,12-13,17H2,1H3,(H,27,28);1H/t18-;/m0./s1. The van der Waals surface area contributed by atoms with E-state index in [9.17, 15) is 0 Å². The van der Waals surface area contributed by atoms with Gasteiger partial charge >= 0.3 is 0 Å². The lowest BCUT2D eigenvalue weighted by Crippen LogP contribution is -2.27. The number of benzene rings is 2. The molecule has 5 rings (SSSR count). The van der Waals surface area contributed by atoms with Gasteiger partial charge in [-0.25, -0.2) is 9.67 Å². The largest absolute Gasteiger partial charge is 0.381 e. The van der Waals surface area contributed by atoms with Gasteiger partial charge in [-0.2, -0.15) is 5.10 Å². The third kappa shape index (κ3) is 4.01. The van der Waals surface area contributed by atoms with Crippen LogP contribution in [0.2, 0.25) is 0 Å². The van der Waals surface area contributed by atoms with Crippen LogP contribution < -0.4 is 5.32 Å². The molecule has 0 bridgehead atoms. The molecule has 0 amide bonds. The number of pyridine rings is 1. The Morgan fingerprint density at radius 1 is 0.967 bits per heavy atom. The monoisotopic (exact) mass is 420 g/mol. The first-order valence-electron chi connectivity index (χ1n) is 10.8. The summed E-state index contributed by atoms with van der Waals surface area (Å²) in [5.41, 5.74) is 4.39. The molecule has 1 aliphatic carbocycles. The van der Waals surface area contributed by atoms with Crippen LogP contribution in [-0.4, -0.2) is 20.8 Å². The fraction of sp³-hybridized carbons (Fsp3) is 0.360. The van der Waals surface area contributed by atoms with Gasteiger partial charge in [0.05, 0.1) is 29.3 Å². The van der Waals surface area contributed by atoms with E-state index in [4.69, 9.17) is 10.1 Å². The first-order valence-corrected chi connectivity index (χ1v) is 10.8. The van der Waals surface area contributed by atoms with E-state index in [0.717, 1.165) is 29.0 Å². The van der Waals surface area contributed by atoms with Gasteiger partial charge < -0.3 is 5.32 Å². The molecule has 0 spiro atoms. The van der Waals surface area contributed by atoms with E-state index in [1.807, 2.05) is 16.9 Å². The number of halogens is 1. The lowest BCUT2D eigenvalue weighted by atomic mass is 9.84. The number of nitrogens with zero attached hydrogens (tertiary/aromatic N) is 3. The van der Waals surface area contributed by atoms with E-state index in [1.54, 1.807) is 0 Å². The van der Waals surface area contributed by atoms with Crippen LogP contribution in [0.15, 0.2) is 60.8 Å². The van der Waals surface area contributed by atoms with Crippen molar-refractivity contribution in [1.82, 2.24) is 14.8 Å². The summed E-state index contributed by atoms with van der Waals surface area (Å²) in [6, 6.07) is 19.3. The van der Waals surface area contributed by atoms with E-state index in [0.29, 0.717) is 6.04 Å². The number of anilines is 1. The average molecular weight is 421 g/mol. The highest BCUT2D eigenvalue weighted by molar-refractivity contribution is 6.06. The molecule has 1 aliphatic rings. The molecular formula is C25H29ClN4. The van der Waals surface area contributed by atoms with Crippen LogP contribution in [0.3, 0.4) is 0 Å².